The van der Waals surface area contributed by atoms with Crippen LogP contribution in [0.3, 0.4) is 0 Å². The van der Waals surface area contributed by atoms with Crippen molar-refractivity contribution in [2.24, 2.45) is 5.92 Å². The maximum atomic E-state index is 4.66. The molecule has 0 radical (unpaired) electrons. The number of rotatable bonds is 7. The molecule has 0 saturated carbocycles. The lowest BCUT2D eigenvalue weighted by atomic mass is 9.97. The van der Waals surface area contributed by atoms with E-state index in [1.807, 2.05) is 0 Å². The Labute approximate surface area is 137 Å². The molecule has 21 heavy (non-hydrogen) atoms. The van der Waals surface area contributed by atoms with Gasteiger partial charge in [0.15, 0.2) is 0 Å². The van der Waals surface area contributed by atoms with Crippen LogP contribution in [0.1, 0.15) is 45.0 Å². The maximum Gasteiger partial charge on any atom is 0.0767 e. The summed E-state index contributed by atoms with van der Waals surface area (Å²) in [7, 11) is 0. The third-order valence-corrected chi connectivity index (χ3v) is 5.49. The minimum atomic E-state index is 0.829. The Balaban J connectivity index is 1.82. The van der Waals surface area contributed by atoms with E-state index in [9.17, 15) is 0 Å². The topological polar surface area (TPSA) is 33.1 Å². The number of nitrogens with one attached hydrogen (secondary N) is 1. The van der Waals surface area contributed by atoms with E-state index in [0.29, 0.717) is 0 Å². The Hall–Kier alpha value is -0.390. The van der Waals surface area contributed by atoms with Crippen LogP contribution in [0.4, 0.5) is 0 Å². The number of aryl methyl sites for hydroxylation is 2. The Kier molecular flexibility index (Phi) is 6.71. The molecule has 1 N–H and O–H groups in total. The van der Waals surface area contributed by atoms with Gasteiger partial charge in [0.05, 0.1) is 15.9 Å². The summed E-state index contributed by atoms with van der Waals surface area (Å²) < 4.78 is 3.32. The van der Waals surface area contributed by atoms with Crippen molar-refractivity contribution in [2.75, 3.05) is 26.2 Å². The maximum absolute atomic E-state index is 4.66. The van der Waals surface area contributed by atoms with E-state index in [-0.39, 0.29) is 0 Å². The summed E-state index contributed by atoms with van der Waals surface area (Å²) in [6.45, 7) is 13.3. The van der Waals surface area contributed by atoms with Crippen LogP contribution in [0.5, 0.6) is 0 Å². The first-order chi connectivity index (χ1) is 10.2. The summed E-state index contributed by atoms with van der Waals surface area (Å²) in [4.78, 5) is 2.55. The van der Waals surface area contributed by atoms with Crippen molar-refractivity contribution in [3.8, 4) is 0 Å². The normalized spacial score (nSPS) is 17.5. The number of halogens is 1. The molecule has 120 valence electrons. The first kappa shape index (κ1) is 17.0. The molecular weight excluding hydrogens is 328 g/mol. The van der Waals surface area contributed by atoms with Crippen molar-refractivity contribution >= 4 is 15.9 Å². The molecule has 0 spiro atoms. The molecule has 2 rings (SSSR count). The summed E-state index contributed by atoms with van der Waals surface area (Å²) in [5.41, 5.74) is 2.46. The fraction of sp³-hybridized carbons (Fsp3) is 0.812. The fourth-order valence-corrected chi connectivity index (χ4v) is 3.79. The van der Waals surface area contributed by atoms with E-state index in [1.165, 1.54) is 48.3 Å². The first-order valence-corrected chi connectivity index (χ1v) is 9.15. The number of hydrogen-bond acceptors (Lipinski definition) is 3. The van der Waals surface area contributed by atoms with E-state index in [0.717, 1.165) is 32.0 Å². The van der Waals surface area contributed by atoms with Crippen LogP contribution >= 0.6 is 15.9 Å². The molecule has 1 aliphatic rings. The molecule has 4 nitrogen and oxygen atoms in total. The minimum absolute atomic E-state index is 0.829. The Bertz CT molecular complexity index is 436. The molecule has 1 fully saturated rings. The van der Waals surface area contributed by atoms with Gasteiger partial charge >= 0.3 is 0 Å². The molecule has 2 heterocycles. The Morgan fingerprint density at radius 3 is 2.48 bits per heavy atom. The smallest absolute Gasteiger partial charge is 0.0767 e. The van der Waals surface area contributed by atoms with Gasteiger partial charge in [-0.2, -0.15) is 5.10 Å². The second-order valence-corrected chi connectivity index (χ2v) is 6.68. The molecule has 0 atom stereocenters. The zero-order chi connectivity index (χ0) is 15.2. The van der Waals surface area contributed by atoms with E-state index in [2.05, 4.69) is 56.7 Å². The van der Waals surface area contributed by atoms with Crippen molar-refractivity contribution in [2.45, 2.75) is 53.1 Å². The molecule has 1 aliphatic heterocycles. The Morgan fingerprint density at radius 1 is 1.19 bits per heavy atom. The molecule has 1 aromatic heterocycles. The predicted octanol–water partition coefficient (Wildman–Crippen LogP) is 3.05. The largest absolute Gasteiger partial charge is 0.311 e. The van der Waals surface area contributed by atoms with Gasteiger partial charge in [-0.3, -0.25) is 4.68 Å². The van der Waals surface area contributed by atoms with Crippen molar-refractivity contribution < 1.29 is 0 Å². The van der Waals surface area contributed by atoms with Crippen LogP contribution in [0, 0.1) is 5.92 Å². The third-order valence-electron chi connectivity index (χ3n) is 4.57. The van der Waals surface area contributed by atoms with Gasteiger partial charge in [0.25, 0.3) is 0 Å². The quantitative estimate of drug-likeness (QED) is 0.814. The zero-order valence-electron chi connectivity index (χ0n) is 13.7. The van der Waals surface area contributed by atoms with Gasteiger partial charge in [0.1, 0.15) is 0 Å². The summed E-state index contributed by atoms with van der Waals surface area (Å²) in [5.74, 6) is 0.829. The van der Waals surface area contributed by atoms with Crippen LogP contribution in [0.15, 0.2) is 4.47 Å². The highest BCUT2D eigenvalue weighted by atomic mass is 79.9. The van der Waals surface area contributed by atoms with Crippen LogP contribution in [-0.4, -0.2) is 40.9 Å². The molecule has 0 unspecified atom stereocenters. The average molecular weight is 357 g/mol. The molecular formula is C16H29BrN4. The lowest BCUT2D eigenvalue weighted by molar-refractivity contribution is 0.190. The summed E-state index contributed by atoms with van der Waals surface area (Å²) in [6, 6.07) is 0. The summed E-state index contributed by atoms with van der Waals surface area (Å²) in [5, 5.41) is 8.30. The van der Waals surface area contributed by atoms with Gasteiger partial charge < -0.3 is 10.2 Å². The number of aromatic nitrogens is 2. The lowest BCUT2D eigenvalue weighted by Gasteiger charge is -2.31. The van der Waals surface area contributed by atoms with Crippen LogP contribution in [-0.2, 0) is 19.5 Å². The summed E-state index contributed by atoms with van der Waals surface area (Å²) >= 11 is 3.72. The van der Waals surface area contributed by atoms with Crippen molar-refractivity contribution in [1.82, 2.24) is 20.0 Å². The molecule has 0 bridgehead atoms. The van der Waals surface area contributed by atoms with Crippen molar-refractivity contribution in [3.05, 3.63) is 15.9 Å². The van der Waals surface area contributed by atoms with Gasteiger partial charge in [-0.1, -0.05) is 13.8 Å². The van der Waals surface area contributed by atoms with E-state index in [1.54, 1.807) is 0 Å². The third kappa shape index (κ3) is 4.30. The highest BCUT2D eigenvalue weighted by molar-refractivity contribution is 9.10. The SMILES string of the molecule is CCc1nn(CC)c(CNCC2CCN(CC)CC2)c1Br. The average Bonchev–Trinajstić information content (AvgIpc) is 2.84. The van der Waals surface area contributed by atoms with Crippen molar-refractivity contribution in [1.29, 1.82) is 0 Å². The second-order valence-electron chi connectivity index (χ2n) is 5.89. The molecule has 1 saturated heterocycles. The second kappa shape index (κ2) is 8.30. The van der Waals surface area contributed by atoms with Gasteiger partial charge in [-0.25, -0.2) is 0 Å². The van der Waals surface area contributed by atoms with E-state index < -0.39 is 0 Å². The van der Waals surface area contributed by atoms with Crippen LogP contribution in [0.2, 0.25) is 0 Å². The minimum Gasteiger partial charge on any atom is -0.311 e. The van der Waals surface area contributed by atoms with Gasteiger partial charge in [-0.05, 0) is 74.2 Å². The molecule has 5 heteroatoms. The monoisotopic (exact) mass is 356 g/mol. The fourth-order valence-electron chi connectivity index (χ4n) is 3.09. The number of nitrogens with zero attached hydrogens (tertiary/aromatic N) is 3. The molecule has 0 amide bonds. The number of hydrogen-bond donors (Lipinski definition) is 1. The number of likely N-dealkylation sites (tertiary alicyclic amines) is 1. The highest BCUT2D eigenvalue weighted by Gasteiger charge is 2.18. The standard InChI is InChI=1S/C16H29BrN4/c1-4-14-16(17)15(21(6-3)19-14)12-18-11-13-7-9-20(5-2)10-8-13/h13,18H,4-12H2,1-3H3. The van der Waals surface area contributed by atoms with Gasteiger partial charge in [0, 0.05) is 13.1 Å². The first-order valence-electron chi connectivity index (χ1n) is 8.36. The summed E-state index contributed by atoms with van der Waals surface area (Å²) in [6.07, 6.45) is 3.64. The Morgan fingerprint density at radius 2 is 1.90 bits per heavy atom. The van der Waals surface area contributed by atoms with Gasteiger partial charge in [0.2, 0.25) is 0 Å². The molecule has 0 aliphatic carbocycles. The lowest BCUT2D eigenvalue weighted by Crippen LogP contribution is -2.37. The van der Waals surface area contributed by atoms with Gasteiger partial charge in [-0.15, -0.1) is 0 Å². The zero-order valence-corrected chi connectivity index (χ0v) is 15.2. The number of piperidine rings is 1. The van der Waals surface area contributed by atoms with E-state index >= 15 is 0 Å². The molecule has 1 aromatic rings. The van der Waals surface area contributed by atoms with Crippen LogP contribution < -0.4 is 5.32 Å². The van der Waals surface area contributed by atoms with Crippen molar-refractivity contribution in [3.63, 3.8) is 0 Å². The highest BCUT2D eigenvalue weighted by Crippen LogP contribution is 2.22. The van der Waals surface area contributed by atoms with Crippen LogP contribution in [0.25, 0.3) is 0 Å². The van der Waals surface area contributed by atoms with E-state index in [4.69, 9.17) is 0 Å². The molecule has 0 aromatic carbocycles. The predicted molar refractivity (Wildman–Crippen MR) is 91.5 cm³/mol.